The van der Waals surface area contributed by atoms with Crippen molar-refractivity contribution < 1.29 is 9.59 Å². The molecule has 3 saturated carbocycles. The molecule has 3 aliphatic carbocycles. The average molecular weight is 438 g/mol. The minimum absolute atomic E-state index is 0.146. The van der Waals surface area contributed by atoms with Crippen molar-refractivity contribution in [3.8, 4) is 0 Å². The van der Waals surface area contributed by atoms with E-state index >= 15 is 0 Å². The summed E-state index contributed by atoms with van der Waals surface area (Å²) in [4.78, 5) is 31.0. The lowest BCUT2D eigenvalue weighted by atomic mass is 9.45. The summed E-state index contributed by atoms with van der Waals surface area (Å²) in [6, 6.07) is 4.27. The highest BCUT2D eigenvalue weighted by Gasteiger charge is 2.63. The smallest absolute Gasteiger partial charge is 0.227 e. The molecule has 1 unspecified atom stereocenters. The number of nitrogens with zero attached hydrogens (tertiary/aromatic N) is 2. The summed E-state index contributed by atoms with van der Waals surface area (Å²) in [5.74, 6) is 3.31. The molecular weight excluding hydrogens is 398 g/mol. The predicted octanol–water partition coefficient (Wildman–Crippen LogP) is 4.95. The van der Waals surface area contributed by atoms with Crippen LogP contribution in [0.1, 0.15) is 78.6 Å². The van der Waals surface area contributed by atoms with Gasteiger partial charge >= 0.3 is 0 Å². The highest BCUT2D eigenvalue weighted by Crippen LogP contribution is 2.67. The van der Waals surface area contributed by atoms with Gasteiger partial charge in [-0.2, -0.15) is 0 Å². The zero-order chi connectivity index (χ0) is 22.7. The fourth-order valence-electron chi connectivity index (χ4n) is 8.95. The molecule has 32 heavy (non-hydrogen) atoms. The third kappa shape index (κ3) is 3.13. The second-order valence-electron chi connectivity index (χ2n) is 11.7. The first-order valence-corrected chi connectivity index (χ1v) is 12.8. The molecule has 1 saturated heterocycles. The van der Waals surface area contributed by atoms with Gasteiger partial charge in [0.1, 0.15) is 0 Å². The first-order chi connectivity index (χ1) is 15.3. The molecule has 5 nitrogen and oxygen atoms in total. The Morgan fingerprint density at radius 1 is 1.12 bits per heavy atom. The first-order valence-electron chi connectivity index (χ1n) is 12.8. The van der Waals surface area contributed by atoms with E-state index in [4.69, 9.17) is 5.73 Å². The number of hydrogen-bond acceptors (Lipinski definition) is 3. The zero-order valence-corrected chi connectivity index (χ0v) is 19.9. The van der Waals surface area contributed by atoms with Gasteiger partial charge in [0.2, 0.25) is 11.8 Å². The highest BCUT2D eigenvalue weighted by atomic mass is 16.2. The Bertz CT molecular complexity index is 888. The van der Waals surface area contributed by atoms with E-state index in [-0.39, 0.29) is 23.3 Å². The summed E-state index contributed by atoms with van der Waals surface area (Å²) in [5.41, 5.74) is 7.00. The van der Waals surface area contributed by atoms with Crippen molar-refractivity contribution in [1.29, 1.82) is 0 Å². The van der Waals surface area contributed by atoms with E-state index in [2.05, 4.69) is 30.7 Å². The summed E-state index contributed by atoms with van der Waals surface area (Å²) in [6.07, 6.45) is 13.1. The van der Waals surface area contributed by atoms with Crippen molar-refractivity contribution in [3.05, 3.63) is 24.5 Å². The number of amides is 2. The van der Waals surface area contributed by atoms with Crippen molar-refractivity contribution in [3.63, 3.8) is 0 Å². The van der Waals surface area contributed by atoms with Crippen LogP contribution in [0.4, 0.5) is 5.69 Å². The molecule has 2 heterocycles. The third-order valence-corrected chi connectivity index (χ3v) is 10.7. The Hall–Kier alpha value is -1.91. The molecule has 5 rings (SSSR count). The summed E-state index contributed by atoms with van der Waals surface area (Å²) < 4.78 is 0. The van der Waals surface area contributed by atoms with Gasteiger partial charge in [-0.3, -0.25) is 14.6 Å². The van der Waals surface area contributed by atoms with Crippen LogP contribution in [-0.4, -0.2) is 22.8 Å². The number of nitrogens with two attached hydrogens (primary N) is 1. The molecule has 0 aromatic carbocycles. The van der Waals surface area contributed by atoms with Crippen molar-refractivity contribution in [2.75, 3.05) is 4.90 Å². The summed E-state index contributed by atoms with van der Waals surface area (Å²) in [5, 5.41) is 0. The lowest BCUT2D eigenvalue weighted by Gasteiger charge is -2.64. The second-order valence-corrected chi connectivity index (χ2v) is 11.7. The normalized spacial score (nSPS) is 43.3. The van der Waals surface area contributed by atoms with Crippen LogP contribution >= 0.6 is 0 Å². The summed E-state index contributed by atoms with van der Waals surface area (Å²) in [6.45, 7) is 7.34. The molecule has 0 bridgehead atoms. The Morgan fingerprint density at radius 3 is 2.59 bits per heavy atom. The van der Waals surface area contributed by atoms with E-state index < -0.39 is 0 Å². The topological polar surface area (TPSA) is 76.3 Å². The number of piperidine rings is 1. The fraction of sp³-hybridized carbons (Fsp3) is 0.741. The first kappa shape index (κ1) is 21.9. The van der Waals surface area contributed by atoms with Gasteiger partial charge in [-0.25, -0.2) is 0 Å². The number of rotatable bonds is 4. The number of primary amides is 1. The molecule has 1 aromatic rings. The average Bonchev–Trinajstić information content (AvgIpc) is 3.10. The number of anilines is 1. The Kier molecular flexibility index (Phi) is 5.37. The SMILES string of the molecule is CC1CC(=O)N(c2ccncc2)[C@@H]2CC[C@H]3[C@@H]4CC[C@H](CCC(N)=O)[C@@]4(C)CC[C@@H]3[C@@]12C. The highest BCUT2D eigenvalue weighted by molar-refractivity contribution is 5.95. The monoisotopic (exact) mass is 437 g/mol. The van der Waals surface area contributed by atoms with Gasteiger partial charge < -0.3 is 10.6 Å². The molecule has 0 radical (unpaired) electrons. The minimum atomic E-state index is -0.157. The standard InChI is InChI=1S/C27H39N3O2/c1-17-16-25(32)30(19-11-14-29-15-12-19)23-8-6-20-21-7-4-18(5-9-24(28)31)26(21,2)13-10-22(20)27(17,23)3/h11-12,14-15,17-18,20-23H,4-10,13,16H2,1-3H3,(H2,28,31)/t17?,18-,20+,21+,22+,23-,26-,27-/m1/s1. The van der Waals surface area contributed by atoms with Gasteiger partial charge in [0.15, 0.2) is 0 Å². The molecule has 0 spiro atoms. The molecule has 174 valence electrons. The van der Waals surface area contributed by atoms with Crippen LogP contribution in [0, 0.1) is 40.4 Å². The molecule has 4 fully saturated rings. The van der Waals surface area contributed by atoms with Gasteiger partial charge in [0, 0.05) is 37.0 Å². The van der Waals surface area contributed by atoms with E-state index in [0.29, 0.717) is 36.0 Å². The van der Waals surface area contributed by atoms with E-state index in [1.54, 1.807) is 12.4 Å². The van der Waals surface area contributed by atoms with Crippen LogP contribution < -0.4 is 10.6 Å². The van der Waals surface area contributed by atoms with Crippen LogP contribution in [-0.2, 0) is 9.59 Å². The number of carbonyl (C=O) groups is 2. The maximum atomic E-state index is 13.2. The number of hydrogen-bond donors (Lipinski definition) is 1. The zero-order valence-electron chi connectivity index (χ0n) is 19.9. The number of pyridine rings is 1. The van der Waals surface area contributed by atoms with Crippen molar-refractivity contribution in [1.82, 2.24) is 4.98 Å². The molecule has 2 N–H and O–H groups in total. The second kappa shape index (κ2) is 7.85. The maximum Gasteiger partial charge on any atom is 0.227 e. The molecule has 2 amide bonds. The van der Waals surface area contributed by atoms with Crippen LogP contribution in [0.25, 0.3) is 0 Å². The van der Waals surface area contributed by atoms with E-state index in [9.17, 15) is 9.59 Å². The molecular formula is C27H39N3O2. The van der Waals surface area contributed by atoms with E-state index in [1.807, 2.05) is 12.1 Å². The van der Waals surface area contributed by atoms with Crippen molar-refractivity contribution >= 4 is 17.5 Å². The number of fused-ring (bicyclic) bond motifs is 5. The fourth-order valence-corrected chi connectivity index (χ4v) is 8.95. The number of carbonyl (C=O) groups excluding carboxylic acids is 2. The molecule has 1 aromatic heterocycles. The summed E-state index contributed by atoms with van der Waals surface area (Å²) in [7, 11) is 0. The van der Waals surface area contributed by atoms with Crippen molar-refractivity contribution in [2.45, 2.75) is 84.6 Å². The molecule has 4 aliphatic rings. The van der Waals surface area contributed by atoms with Crippen LogP contribution in [0.2, 0.25) is 0 Å². The van der Waals surface area contributed by atoms with E-state index in [1.165, 1.54) is 32.1 Å². The Morgan fingerprint density at radius 2 is 1.88 bits per heavy atom. The van der Waals surface area contributed by atoms with Gasteiger partial charge in [-0.1, -0.05) is 20.8 Å². The molecule has 5 heteroatoms. The van der Waals surface area contributed by atoms with Crippen molar-refractivity contribution in [2.24, 2.45) is 46.2 Å². The summed E-state index contributed by atoms with van der Waals surface area (Å²) >= 11 is 0. The third-order valence-electron chi connectivity index (χ3n) is 10.7. The molecule has 1 aliphatic heterocycles. The minimum Gasteiger partial charge on any atom is -0.370 e. The van der Waals surface area contributed by atoms with E-state index in [0.717, 1.165) is 30.4 Å². The number of aromatic nitrogens is 1. The quantitative estimate of drug-likeness (QED) is 0.724. The Labute approximate surface area is 192 Å². The van der Waals surface area contributed by atoms with Crippen LogP contribution in [0.5, 0.6) is 0 Å². The Balaban J connectivity index is 1.44. The van der Waals surface area contributed by atoms with Crippen LogP contribution in [0.15, 0.2) is 24.5 Å². The largest absolute Gasteiger partial charge is 0.370 e. The predicted molar refractivity (Wildman–Crippen MR) is 126 cm³/mol. The maximum absolute atomic E-state index is 13.2. The van der Waals surface area contributed by atoms with Gasteiger partial charge in [-0.05, 0) is 97.5 Å². The van der Waals surface area contributed by atoms with Gasteiger partial charge in [0.05, 0.1) is 0 Å². The van der Waals surface area contributed by atoms with Gasteiger partial charge in [-0.15, -0.1) is 0 Å². The lowest BCUT2D eigenvalue weighted by Crippen LogP contribution is -2.65. The van der Waals surface area contributed by atoms with Gasteiger partial charge in [0.25, 0.3) is 0 Å². The molecule has 8 atom stereocenters. The van der Waals surface area contributed by atoms with Crippen LogP contribution in [0.3, 0.4) is 0 Å². The lowest BCUT2D eigenvalue weighted by molar-refractivity contribution is -0.139.